The Morgan fingerprint density at radius 2 is 2.30 bits per heavy atom. The third-order valence-corrected chi connectivity index (χ3v) is 1.67. The van der Waals surface area contributed by atoms with Crippen molar-refractivity contribution in [2.75, 3.05) is 12.3 Å². The lowest BCUT2D eigenvalue weighted by Crippen LogP contribution is -1.95. The van der Waals surface area contributed by atoms with E-state index in [1.807, 2.05) is 0 Å². The molecule has 0 aliphatic heterocycles. The summed E-state index contributed by atoms with van der Waals surface area (Å²) in [5.74, 6) is 0.326. The predicted molar refractivity (Wildman–Crippen MR) is 44.8 cm³/mol. The fourth-order valence-electron chi connectivity index (χ4n) is 0.462. The van der Waals surface area contributed by atoms with Gasteiger partial charge in [-0.05, 0) is 25.1 Å². The molecule has 0 aromatic rings. The lowest BCUT2D eigenvalue weighted by molar-refractivity contribution is 0.560. The Hall–Kier alpha value is -0.0900. The van der Waals surface area contributed by atoms with Crippen LogP contribution in [-0.2, 0) is 11.1 Å². The lowest BCUT2D eigenvalue weighted by atomic mass is 10.3. The molecule has 1 atom stereocenters. The molecule has 1 N–H and O–H groups in total. The van der Waals surface area contributed by atoms with Gasteiger partial charge in [0.25, 0.3) is 0 Å². The number of nitrogens with zero attached hydrogens (tertiary/aromatic N) is 1. The van der Waals surface area contributed by atoms with Crippen LogP contribution in [0.5, 0.6) is 0 Å². The molecule has 3 nitrogen and oxygen atoms in total. The first-order valence-corrected chi connectivity index (χ1v) is 4.57. The summed E-state index contributed by atoms with van der Waals surface area (Å²) in [4.78, 5) is 3.65. The summed E-state index contributed by atoms with van der Waals surface area (Å²) in [6, 6.07) is 0. The molecule has 0 fully saturated rings. The first-order chi connectivity index (χ1) is 4.77. The van der Waals surface area contributed by atoms with E-state index >= 15 is 0 Å². The molecule has 0 radical (unpaired) electrons. The molecule has 58 valence electrons. The number of aliphatic imine (C=N–C) groups is 1. The van der Waals surface area contributed by atoms with Crippen LogP contribution in [0.3, 0.4) is 0 Å². The van der Waals surface area contributed by atoms with Crippen LogP contribution in [0.1, 0.15) is 12.8 Å². The summed E-state index contributed by atoms with van der Waals surface area (Å²) in [6.07, 6.45) is 1.51. The van der Waals surface area contributed by atoms with Crippen LogP contribution >= 0.6 is 12.2 Å². The van der Waals surface area contributed by atoms with Crippen molar-refractivity contribution in [1.82, 2.24) is 0 Å². The fourth-order valence-corrected chi connectivity index (χ4v) is 1.00. The van der Waals surface area contributed by atoms with Gasteiger partial charge in [-0.25, -0.2) is 9.20 Å². The minimum atomic E-state index is -1.66. The molecule has 0 spiro atoms. The Morgan fingerprint density at radius 3 is 2.80 bits per heavy atom. The smallest absolute Gasteiger partial charge is 0.152 e. The van der Waals surface area contributed by atoms with Crippen LogP contribution in [0.2, 0.25) is 0 Å². The van der Waals surface area contributed by atoms with Gasteiger partial charge in [-0.1, -0.05) is 0 Å². The van der Waals surface area contributed by atoms with E-state index in [1.165, 1.54) is 0 Å². The van der Waals surface area contributed by atoms with Crippen LogP contribution < -0.4 is 0 Å². The van der Waals surface area contributed by atoms with Crippen molar-refractivity contribution in [3.63, 3.8) is 0 Å². The summed E-state index contributed by atoms with van der Waals surface area (Å²) in [5, 5.41) is 2.23. The molecule has 0 aromatic heterocycles. The van der Waals surface area contributed by atoms with Gasteiger partial charge in [-0.15, -0.1) is 0 Å². The van der Waals surface area contributed by atoms with Crippen molar-refractivity contribution in [2.24, 2.45) is 4.99 Å². The van der Waals surface area contributed by atoms with Gasteiger partial charge >= 0.3 is 0 Å². The van der Waals surface area contributed by atoms with Crippen molar-refractivity contribution >= 4 is 28.5 Å². The van der Waals surface area contributed by atoms with Crippen molar-refractivity contribution in [3.8, 4) is 0 Å². The minimum Gasteiger partial charge on any atom is -0.306 e. The second-order valence-electron chi connectivity index (χ2n) is 1.71. The molecule has 5 heteroatoms. The SMILES string of the molecule is O=S(O)CCCCN=C=S. The Morgan fingerprint density at radius 1 is 1.60 bits per heavy atom. The molecule has 0 aliphatic carbocycles. The van der Waals surface area contributed by atoms with Crippen molar-refractivity contribution in [3.05, 3.63) is 0 Å². The number of unbranched alkanes of at least 4 members (excludes halogenated alkanes) is 1. The molecule has 0 rings (SSSR count). The highest BCUT2D eigenvalue weighted by Crippen LogP contribution is 1.90. The Balaban J connectivity index is 3.05. The molecular formula is C5H9NO2S2. The van der Waals surface area contributed by atoms with Crippen molar-refractivity contribution in [1.29, 1.82) is 0 Å². The van der Waals surface area contributed by atoms with Gasteiger partial charge in [0, 0.05) is 12.3 Å². The number of hydrogen-bond donors (Lipinski definition) is 1. The number of thiocarbonyl (C=S) groups is 1. The third kappa shape index (κ3) is 7.91. The Labute approximate surface area is 67.8 Å². The quantitative estimate of drug-likeness (QED) is 0.297. The zero-order valence-corrected chi connectivity index (χ0v) is 7.08. The van der Waals surface area contributed by atoms with E-state index in [2.05, 4.69) is 22.4 Å². The van der Waals surface area contributed by atoms with Crippen LogP contribution in [0.15, 0.2) is 4.99 Å². The van der Waals surface area contributed by atoms with E-state index in [-0.39, 0.29) is 0 Å². The molecule has 0 amide bonds. The van der Waals surface area contributed by atoms with E-state index in [9.17, 15) is 4.21 Å². The molecule has 10 heavy (non-hydrogen) atoms. The molecule has 0 heterocycles. The largest absolute Gasteiger partial charge is 0.306 e. The maximum atomic E-state index is 10.1. The summed E-state index contributed by atoms with van der Waals surface area (Å²) >= 11 is 2.67. The average molecular weight is 179 g/mol. The van der Waals surface area contributed by atoms with E-state index in [0.717, 1.165) is 6.42 Å². The normalized spacial score (nSPS) is 12.1. The van der Waals surface area contributed by atoms with Gasteiger partial charge < -0.3 is 4.55 Å². The average Bonchev–Trinajstić information content (AvgIpc) is 1.87. The Kier molecular flexibility index (Phi) is 6.96. The molecule has 0 saturated heterocycles. The van der Waals surface area contributed by atoms with E-state index in [1.54, 1.807) is 0 Å². The zero-order chi connectivity index (χ0) is 7.82. The van der Waals surface area contributed by atoms with Gasteiger partial charge in [0.1, 0.15) is 0 Å². The van der Waals surface area contributed by atoms with Gasteiger partial charge in [0.05, 0.1) is 5.16 Å². The van der Waals surface area contributed by atoms with E-state index < -0.39 is 11.1 Å². The molecule has 0 saturated carbocycles. The topological polar surface area (TPSA) is 49.7 Å². The van der Waals surface area contributed by atoms with Gasteiger partial charge in [0.15, 0.2) is 11.1 Å². The van der Waals surface area contributed by atoms with Gasteiger partial charge in [-0.2, -0.15) is 0 Å². The molecule has 0 bridgehead atoms. The van der Waals surface area contributed by atoms with Crippen LogP contribution in [0.25, 0.3) is 0 Å². The van der Waals surface area contributed by atoms with Gasteiger partial charge in [0.2, 0.25) is 0 Å². The van der Waals surface area contributed by atoms with Crippen LogP contribution in [0.4, 0.5) is 0 Å². The van der Waals surface area contributed by atoms with Crippen LogP contribution in [0, 0.1) is 0 Å². The first kappa shape index (κ1) is 9.91. The molecular weight excluding hydrogens is 170 g/mol. The second kappa shape index (κ2) is 7.02. The maximum Gasteiger partial charge on any atom is 0.152 e. The van der Waals surface area contributed by atoms with Gasteiger partial charge in [-0.3, -0.25) is 0 Å². The van der Waals surface area contributed by atoms with Crippen molar-refractivity contribution in [2.45, 2.75) is 12.8 Å². The summed E-state index contributed by atoms with van der Waals surface area (Å²) < 4.78 is 18.4. The first-order valence-electron chi connectivity index (χ1n) is 2.88. The predicted octanol–water partition coefficient (Wildman–Crippen LogP) is 1.09. The third-order valence-electron chi connectivity index (χ3n) is 0.903. The summed E-state index contributed by atoms with van der Waals surface area (Å²) in [7, 11) is 0. The highest BCUT2D eigenvalue weighted by atomic mass is 32.2. The van der Waals surface area contributed by atoms with Crippen molar-refractivity contribution < 1.29 is 8.76 Å². The zero-order valence-electron chi connectivity index (χ0n) is 5.45. The molecule has 0 aliphatic rings. The standard InChI is InChI=1S/C5H9NO2S2/c7-10(8)4-2-1-3-6-5-9/h1-4H2,(H,7,8). The van der Waals surface area contributed by atoms with E-state index in [0.29, 0.717) is 18.7 Å². The van der Waals surface area contributed by atoms with Crippen LogP contribution in [-0.4, -0.2) is 26.2 Å². The van der Waals surface area contributed by atoms with E-state index in [4.69, 9.17) is 4.55 Å². The molecule has 1 unspecified atom stereocenters. The minimum absolute atomic E-state index is 0.326. The Bertz CT molecular complexity index is 150. The number of rotatable bonds is 5. The lowest BCUT2D eigenvalue weighted by Gasteiger charge is -1.91. The second-order valence-corrected chi connectivity index (χ2v) is 2.94. The summed E-state index contributed by atoms with van der Waals surface area (Å²) in [5.41, 5.74) is 0. The number of isothiocyanates is 1. The molecule has 0 aromatic carbocycles. The maximum absolute atomic E-state index is 10.1. The highest BCUT2D eigenvalue weighted by Gasteiger charge is 1.91. The highest BCUT2D eigenvalue weighted by molar-refractivity contribution is 7.79. The monoisotopic (exact) mass is 179 g/mol. The fraction of sp³-hybridized carbons (Fsp3) is 0.800. The number of hydrogen-bond acceptors (Lipinski definition) is 3. The summed E-state index contributed by atoms with van der Waals surface area (Å²) in [6.45, 7) is 0.612.